The van der Waals surface area contributed by atoms with Crippen molar-refractivity contribution in [3.05, 3.63) is 5.69 Å². The van der Waals surface area contributed by atoms with Crippen LogP contribution in [0.4, 0.5) is 5.00 Å². The number of aromatic nitrogens is 2. The molecule has 0 atom stereocenters. The zero-order valence-corrected chi connectivity index (χ0v) is 9.73. The molecule has 1 heterocycles. The van der Waals surface area contributed by atoms with Crippen molar-refractivity contribution in [2.24, 2.45) is 5.41 Å². The van der Waals surface area contributed by atoms with Gasteiger partial charge in [-0.05, 0) is 11.8 Å². The number of hydrogen-bond donors (Lipinski definition) is 1. The Morgan fingerprint density at radius 2 is 2.14 bits per heavy atom. The van der Waals surface area contributed by atoms with Crippen LogP contribution < -0.4 is 5.73 Å². The Labute approximate surface area is 88.6 Å². The molecule has 0 aromatic carbocycles. The largest absolute Gasteiger partial charge is 0.388 e. The van der Waals surface area contributed by atoms with Crippen LogP contribution in [-0.2, 0) is 11.3 Å². The standard InChI is InChI=1S/C9H17N3OS/c1-9(2,3)4-5-13-6-7-8(10)14-12-11-7/h4-6,10H2,1-3H3. The molecule has 0 aliphatic carbocycles. The van der Waals surface area contributed by atoms with E-state index in [0.29, 0.717) is 17.0 Å². The maximum Gasteiger partial charge on any atom is 0.133 e. The summed E-state index contributed by atoms with van der Waals surface area (Å²) in [5, 5.41) is 4.52. The Balaban J connectivity index is 2.20. The summed E-state index contributed by atoms with van der Waals surface area (Å²) in [6, 6.07) is 0. The molecule has 4 nitrogen and oxygen atoms in total. The monoisotopic (exact) mass is 215 g/mol. The third-order valence-corrected chi connectivity index (χ3v) is 2.42. The molecule has 0 amide bonds. The number of nitrogens with zero attached hydrogens (tertiary/aromatic N) is 2. The molecule has 1 rings (SSSR count). The number of nitrogens with two attached hydrogens (primary N) is 1. The van der Waals surface area contributed by atoms with Gasteiger partial charge in [0.25, 0.3) is 0 Å². The van der Waals surface area contributed by atoms with E-state index in [1.807, 2.05) is 0 Å². The quantitative estimate of drug-likeness (QED) is 0.781. The molecule has 0 radical (unpaired) electrons. The molecule has 0 unspecified atom stereocenters. The number of hydrogen-bond acceptors (Lipinski definition) is 5. The van der Waals surface area contributed by atoms with Crippen LogP contribution in [-0.4, -0.2) is 16.2 Å². The summed E-state index contributed by atoms with van der Waals surface area (Å²) in [6.07, 6.45) is 1.03. The van der Waals surface area contributed by atoms with E-state index in [0.717, 1.165) is 18.7 Å². The second-order valence-electron chi connectivity index (χ2n) is 4.45. The molecule has 0 aliphatic heterocycles. The number of nitrogen functional groups attached to an aromatic ring is 1. The van der Waals surface area contributed by atoms with Crippen LogP contribution in [0.5, 0.6) is 0 Å². The van der Waals surface area contributed by atoms with Gasteiger partial charge in [0, 0.05) is 18.1 Å². The molecule has 0 saturated carbocycles. The fraction of sp³-hybridized carbons (Fsp3) is 0.778. The van der Waals surface area contributed by atoms with Gasteiger partial charge in [0.1, 0.15) is 10.7 Å². The highest BCUT2D eigenvalue weighted by Crippen LogP contribution is 2.19. The van der Waals surface area contributed by atoms with Gasteiger partial charge in [0.05, 0.1) is 6.61 Å². The first-order chi connectivity index (χ1) is 6.49. The first-order valence-electron chi connectivity index (χ1n) is 4.63. The minimum Gasteiger partial charge on any atom is -0.388 e. The molecular formula is C9H17N3OS. The van der Waals surface area contributed by atoms with Gasteiger partial charge < -0.3 is 10.5 Å². The lowest BCUT2D eigenvalue weighted by atomic mass is 9.93. The van der Waals surface area contributed by atoms with Crippen molar-refractivity contribution >= 4 is 16.5 Å². The predicted octanol–water partition coefficient (Wildman–Crippen LogP) is 2.07. The zero-order valence-electron chi connectivity index (χ0n) is 8.91. The van der Waals surface area contributed by atoms with Crippen molar-refractivity contribution in [1.82, 2.24) is 9.59 Å². The summed E-state index contributed by atoms with van der Waals surface area (Å²) in [6.45, 7) is 7.78. The second kappa shape index (κ2) is 4.70. The molecule has 14 heavy (non-hydrogen) atoms. The van der Waals surface area contributed by atoms with Gasteiger partial charge in [-0.1, -0.05) is 25.3 Å². The first-order valence-corrected chi connectivity index (χ1v) is 5.41. The van der Waals surface area contributed by atoms with Crippen LogP contribution in [0.25, 0.3) is 0 Å². The fourth-order valence-electron chi connectivity index (χ4n) is 0.863. The Morgan fingerprint density at radius 1 is 1.43 bits per heavy atom. The van der Waals surface area contributed by atoms with Crippen molar-refractivity contribution in [1.29, 1.82) is 0 Å². The summed E-state index contributed by atoms with van der Waals surface area (Å²) in [5.41, 5.74) is 6.69. The number of anilines is 1. The van der Waals surface area contributed by atoms with E-state index in [2.05, 4.69) is 30.4 Å². The first kappa shape index (κ1) is 11.4. The third-order valence-electron chi connectivity index (χ3n) is 1.82. The SMILES string of the molecule is CC(C)(C)CCOCc1nnsc1N. The molecule has 0 spiro atoms. The molecule has 2 N–H and O–H groups in total. The highest BCUT2D eigenvalue weighted by Gasteiger charge is 2.10. The summed E-state index contributed by atoms with van der Waals surface area (Å²) < 4.78 is 9.19. The maximum atomic E-state index is 5.62. The van der Waals surface area contributed by atoms with Crippen molar-refractivity contribution in [2.45, 2.75) is 33.8 Å². The summed E-state index contributed by atoms with van der Waals surface area (Å²) in [4.78, 5) is 0. The van der Waals surface area contributed by atoms with E-state index in [-0.39, 0.29) is 0 Å². The topological polar surface area (TPSA) is 61.0 Å². The number of ether oxygens (including phenoxy) is 1. The van der Waals surface area contributed by atoms with Crippen molar-refractivity contribution in [3.8, 4) is 0 Å². The highest BCUT2D eigenvalue weighted by molar-refractivity contribution is 7.09. The Bertz CT molecular complexity index is 280. The molecule has 5 heteroatoms. The molecule has 0 bridgehead atoms. The third kappa shape index (κ3) is 4.02. The maximum absolute atomic E-state index is 5.62. The lowest BCUT2D eigenvalue weighted by Gasteiger charge is -2.17. The van der Waals surface area contributed by atoms with Crippen LogP contribution >= 0.6 is 11.5 Å². The lowest BCUT2D eigenvalue weighted by Crippen LogP contribution is -2.09. The molecule has 1 aromatic rings. The molecule has 0 aliphatic rings. The summed E-state index contributed by atoms with van der Waals surface area (Å²) in [7, 11) is 0. The highest BCUT2D eigenvalue weighted by atomic mass is 32.1. The molecule has 0 fully saturated rings. The van der Waals surface area contributed by atoms with E-state index in [1.165, 1.54) is 11.5 Å². The predicted molar refractivity (Wildman–Crippen MR) is 58.0 cm³/mol. The Hall–Kier alpha value is -0.680. The van der Waals surface area contributed by atoms with Crippen molar-refractivity contribution in [3.63, 3.8) is 0 Å². The minimum atomic E-state index is 0.311. The normalized spacial score (nSPS) is 11.9. The zero-order chi connectivity index (χ0) is 10.6. The lowest BCUT2D eigenvalue weighted by molar-refractivity contribution is 0.0944. The summed E-state index contributed by atoms with van der Waals surface area (Å²) >= 11 is 1.20. The van der Waals surface area contributed by atoms with Crippen LogP contribution in [0.2, 0.25) is 0 Å². The van der Waals surface area contributed by atoms with E-state index >= 15 is 0 Å². The van der Waals surface area contributed by atoms with E-state index in [1.54, 1.807) is 0 Å². The Kier molecular flexibility index (Phi) is 3.83. The average molecular weight is 215 g/mol. The van der Waals surface area contributed by atoms with Gasteiger partial charge >= 0.3 is 0 Å². The van der Waals surface area contributed by atoms with Crippen LogP contribution in [0.15, 0.2) is 0 Å². The second-order valence-corrected chi connectivity index (χ2v) is 5.23. The van der Waals surface area contributed by atoms with Gasteiger partial charge in [0.15, 0.2) is 0 Å². The van der Waals surface area contributed by atoms with E-state index < -0.39 is 0 Å². The van der Waals surface area contributed by atoms with E-state index in [4.69, 9.17) is 10.5 Å². The van der Waals surface area contributed by atoms with Gasteiger partial charge in [-0.3, -0.25) is 0 Å². The van der Waals surface area contributed by atoms with Gasteiger partial charge in [0.2, 0.25) is 0 Å². The van der Waals surface area contributed by atoms with Crippen molar-refractivity contribution < 1.29 is 4.74 Å². The fourth-order valence-corrected chi connectivity index (χ4v) is 1.30. The average Bonchev–Trinajstić information content (AvgIpc) is 2.44. The van der Waals surface area contributed by atoms with Crippen LogP contribution in [0.3, 0.4) is 0 Å². The smallest absolute Gasteiger partial charge is 0.133 e. The molecule has 80 valence electrons. The van der Waals surface area contributed by atoms with Crippen LogP contribution in [0.1, 0.15) is 32.9 Å². The van der Waals surface area contributed by atoms with Crippen LogP contribution in [0, 0.1) is 5.41 Å². The van der Waals surface area contributed by atoms with E-state index in [9.17, 15) is 0 Å². The van der Waals surface area contributed by atoms with Crippen molar-refractivity contribution in [2.75, 3.05) is 12.3 Å². The van der Waals surface area contributed by atoms with Gasteiger partial charge in [-0.2, -0.15) is 0 Å². The summed E-state index contributed by atoms with van der Waals surface area (Å²) in [5.74, 6) is 0. The van der Waals surface area contributed by atoms with Gasteiger partial charge in [-0.25, -0.2) is 0 Å². The number of rotatable bonds is 4. The van der Waals surface area contributed by atoms with Gasteiger partial charge in [-0.15, -0.1) is 5.10 Å². The molecular weight excluding hydrogens is 198 g/mol. The molecule has 0 saturated heterocycles. The minimum absolute atomic E-state index is 0.311. The Morgan fingerprint density at radius 3 is 2.64 bits per heavy atom. The molecule has 1 aromatic heterocycles.